The summed E-state index contributed by atoms with van der Waals surface area (Å²) in [6, 6.07) is 10.0. The zero-order valence-corrected chi connectivity index (χ0v) is 20.6. The number of halogens is 1. The van der Waals surface area contributed by atoms with Crippen LogP contribution in [-0.2, 0) is 14.8 Å². The van der Waals surface area contributed by atoms with Gasteiger partial charge in [0.15, 0.2) is 0 Å². The summed E-state index contributed by atoms with van der Waals surface area (Å²) in [5.74, 6) is 0.402. The van der Waals surface area contributed by atoms with Crippen LogP contribution in [0.4, 0.5) is 5.69 Å². The molecule has 2 aromatic carbocycles. The van der Waals surface area contributed by atoms with Crippen molar-refractivity contribution in [2.24, 2.45) is 5.92 Å². The lowest BCUT2D eigenvalue weighted by Crippen LogP contribution is -2.43. The minimum absolute atomic E-state index is 0.0458. The second kappa shape index (κ2) is 9.73. The van der Waals surface area contributed by atoms with Crippen molar-refractivity contribution in [2.45, 2.75) is 31.6 Å². The highest BCUT2D eigenvalue weighted by Gasteiger charge is 2.35. The Bertz CT molecular complexity index is 1320. The SMILES string of the molecule is COc1ccc(C)cc1NC(=O)C1CCCN(S(=O)(=O)c2cc(-c3noc(C)n3)ccc2Cl)C1. The van der Waals surface area contributed by atoms with Gasteiger partial charge in [0.1, 0.15) is 10.6 Å². The summed E-state index contributed by atoms with van der Waals surface area (Å²) in [4.78, 5) is 17.1. The van der Waals surface area contributed by atoms with E-state index in [1.165, 1.54) is 23.5 Å². The van der Waals surface area contributed by atoms with Gasteiger partial charge in [-0.1, -0.05) is 22.8 Å². The monoisotopic (exact) mass is 504 g/mol. The number of hydrogen-bond donors (Lipinski definition) is 1. The van der Waals surface area contributed by atoms with Gasteiger partial charge in [-0.3, -0.25) is 4.79 Å². The first-order valence-electron chi connectivity index (χ1n) is 10.7. The highest BCUT2D eigenvalue weighted by atomic mass is 35.5. The van der Waals surface area contributed by atoms with E-state index in [4.69, 9.17) is 20.9 Å². The maximum Gasteiger partial charge on any atom is 0.244 e. The molecule has 1 N–H and O–H groups in total. The molecule has 9 nitrogen and oxygen atoms in total. The second-order valence-corrected chi connectivity index (χ2v) is 10.5. The number of rotatable bonds is 6. The molecule has 180 valence electrons. The van der Waals surface area contributed by atoms with Crippen molar-refractivity contribution in [1.82, 2.24) is 14.4 Å². The number of piperidine rings is 1. The van der Waals surface area contributed by atoms with Crippen LogP contribution in [0.15, 0.2) is 45.8 Å². The van der Waals surface area contributed by atoms with E-state index in [0.29, 0.717) is 42.3 Å². The lowest BCUT2D eigenvalue weighted by atomic mass is 9.98. The van der Waals surface area contributed by atoms with E-state index in [1.54, 1.807) is 19.1 Å². The third-order valence-corrected chi connectivity index (χ3v) is 8.05. The Labute approximate surface area is 203 Å². The molecule has 34 heavy (non-hydrogen) atoms. The van der Waals surface area contributed by atoms with Crippen LogP contribution in [0.5, 0.6) is 5.75 Å². The molecule has 1 aromatic heterocycles. The number of aryl methyl sites for hydroxylation is 2. The van der Waals surface area contributed by atoms with E-state index in [0.717, 1.165) is 5.56 Å². The van der Waals surface area contributed by atoms with Gasteiger partial charge >= 0.3 is 0 Å². The molecular formula is C23H25ClN4O5S. The van der Waals surface area contributed by atoms with Crippen molar-refractivity contribution in [3.8, 4) is 17.1 Å². The molecule has 11 heteroatoms. The average Bonchev–Trinajstić information content (AvgIpc) is 3.25. The first-order chi connectivity index (χ1) is 16.2. The van der Waals surface area contributed by atoms with Crippen LogP contribution >= 0.6 is 11.6 Å². The van der Waals surface area contributed by atoms with Gasteiger partial charge in [-0.2, -0.15) is 9.29 Å². The van der Waals surface area contributed by atoms with Gasteiger partial charge in [0.25, 0.3) is 0 Å². The van der Waals surface area contributed by atoms with Crippen LogP contribution in [-0.4, -0.2) is 49.0 Å². The fourth-order valence-electron chi connectivity index (χ4n) is 3.92. The Hall–Kier alpha value is -2.95. The summed E-state index contributed by atoms with van der Waals surface area (Å²) < 4.78 is 38.6. The molecule has 1 fully saturated rings. The summed E-state index contributed by atoms with van der Waals surface area (Å²) in [7, 11) is -2.43. The molecule has 0 aliphatic carbocycles. The Morgan fingerprint density at radius 1 is 1.24 bits per heavy atom. The summed E-state index contributed by atoms with van der Waals surface area (Å²) in [6.07, 6.45) is 1.12. The number of amides is 1. The van der Waals surface area contributed by atoms with Crippen LogP contribution in [0.25, 0.3) is 11.4 Å². The van der Waals surface area contributed by atoms with Crippen molar-refractivity contribution in [2.75, 3.05) is 25.5 Å². The Balaban J connectivity index is 1.56. The van der Waals surface area contributed by atoms with Gasteiger partial charge < -0.3 is 14.6 Å². The topological polar surface area (TPSA) is 115 Å². The zero-order valence-electron chi connectivity index (χ0n) is 19.0. The number of benzene rings is 2. The van der Waals surface area contributed by atoms with E-state index in [-0.39, 0.29) is 28.2 Å². The number of nitrogens with one attached hydrogen (secondary N) is 1. The third-order valence-electron chi connectivity index (χ3n) is 5.70. The summed E-state index contributed by atoms with van der Waals surface area (Å²) >= 11 is 6.28. The van der Waals surface area contributed by atoms with Crippen LogP contribution in [0.1, 0.15) is 24.3 Å². The van der Waals surface area contributed by atoms with Crippen molar-refractivity contribution >= 4 is 33.2 Å². The first-order valence-corrected chi connectivity index (χ1v) is 12.6. The molecule has 4 rings (SSSR count). The summed E-state index contributed by atoms with van der Waals surface area (Å²) in [5.41, 5.74) is 1.99. The first kappa shape index (κ1) is 24.2. The molecule has 1 aliphatic rings. The Morgan fingerprint density at radius 2 is 2.03 bits per heavy atom. The molecule has 0 saturated carbocycles. The van der Waals surface area contributed by atoms with E-state index >= 15 is 0 Å². The highest BCUT2D eigenvalue weighted by molar-refractivity contribution is 7.89. The van der Waals surface area contributed by atoms with Crippen LogP contribution in [0.2, 0.25) is 5.02 Å². The Kier molecular flexibility index (Phi) is 6.92. The van der Waals surface area contributed by atoms with Gasteiger partial charge in [-0.25, -0.2) is 8.42 Å². The number of ether oxygens (including phenoxy) is 1. The molecule has 1 saturated heterocycles. The lowest BCUT2D eigenvalue weighted by molar-refractivity contribution is -0.120. The molecule has 2 heterocycles. The van der Waals surface area contributed by atoms with Gasteiger partial charge in [-0.15, -0.1) is 0 Å². The number of carbonyl (C=O) groups excluding carboxylic acids is 1. The van der Waals surface area contributed by atoms with E-state index in [1.807, 2.05) is 19.1 Å². The number of carbonyl (C=O) groups is 1. The van der Waals surface area contributed by atoms with Crippen molar-refractivity contribution in [1.29, 1.82) is 0 Å². The van der Waals surface area contributed by atoms with Gasteiger partial charge in [-0.05, 0) is 55.7 Å². The van der Waals surface area contributed by atoms with E-state index in [2.05, 4.69) is 15.5 Å². The maximum atomic E-state index is 13.5. The Morgan fingerprint density at radius 3 is 2.74 bits per heavy atom. The number of aromatic nitrogens is 2. The van der Waals surface area contributed by atoms with Gasteiger partial charge in [0.2, 0.25) is 27.6 Å². The lowest BCUT2D eigenvalue weighted by Gasteiger charge is -2.31. The number of hydrogen-bond acceptors (Lipinski definition) is 7. The summed E-state index contributed by atoms with van der Waals surface area (Å²) in [6.45, 7) is 3.90. The minimum atomic E-state index is -3.96. The molecule has 1 aliphatic heterocycles. The molecule has 1 amide bonds. The number of nitrogens with zero attached hydrogens (tertiary/aromatic N) is 3. The predicted octanol–water partition coefficient (Wildman–Crippen LogP) is 4.05. The average molecular weight is 505 g/mol. The zero-order chi connectivity index (χ0) is 24.5. The molecule has 1 atom stereocenters. The fourth-order valence-corrected chi connectivity index (χ4v) is 5.95. The molecular weight excluding hydrogens is 480 g/mol. The van der Waals surface area contributed by atoms with Crippen molar-refractivity contribution in [3.63, 3.8) is 0 Å². The predicted molar refractivity (Wildman–Crippen MR) is 127 cm³/mol. The van der Waals surface area contributed by atoms with Crippen LogP contribution < -0.4 is 10.1 Å². The third kappa shape index (κ3) is 4.94. The van der Waals surface area contributed by atoms with Gasteiger partial charge in [0, 0.05) is 25.6 Å². The summed E-state index contributed by atoms with van der Waals surface area (Å²) in [5, 5.41) is 6.82. The van der Waals surface area contributed by atoms with E-state index in [9.17, 15) is 13.2 Å². The highest BCUT2D eigenvalue weighted by Crippen LogP contribution is 2.32. The quantitative estimate of drug-likeness (QED) is 0.538. The van der Waals surface area contributed by atoms with E-state index < -0.39 is 15.9 Å². The second-order valence-electron chi connectivity index (χ2n) is 8.18. The normalized spacial score (nSPS) is 16.9. The maximum absolute atomic E-state index is 13.5. The van der Waals surface area contributed by atoms with Crippen molar-refractivity contribution < 1.29 is 22.5 Å². The smallest absolute Gasteiger partial charge is 0.244 e. The van der Waals surface area contributed by atoms with Crippen LogP contribution in [0, 0.1) is 19.8 Å². The van der Waals surface area contributed by atoms with Crippen LogP contribution in [0.3, 0.4) is 0 Å². The standard InChI is InChI=1S/C23H25ClN4O5S/c1-14-6-9-20(32-3)19(11-14)26-23(29)17-5-4-10-28(13-17)34(30,31)21-12-16(7-8-18(21)24)22-25-15(2)33-27-22/h6-9,11-12,17H,4-5,10,13H2,1-3H3,(H,26,29). The number of methoxy groups -OCH3 is 1. The molecule has 1 unspecified atom stereocenters. The van der Waals surface area contributed by atoms with Crippen molar-refractivity contribution in [3.05, 3.63) is 52.9 Å². The number of anilines is 1. The largest absolute Gasteiger partial charge is 0.495 e. The minimum Gasteiger partial charge on any atom is -0.495 e. The number of sulfonamides is 1. The molecule has 0 bridgehead atoms. The molecule has 3 aromatic rings. The van der Waals surface area contributed by atoms with Gasteiger partial charge in [0.05, 0.1) is 23.7 Å². The molecule has 0 radical (unpaired) electrons. The fraction of sp³-hybridized carbons (Fsp3) is 0.348. The molecule has 0 spiro atoms.